The minimum atomic E-state index is -0.511. The van der Waals surface area contributed by atoms with Crippen molar-refractivity contribution < 1.29 is 13.7 Å². The first-order valence-corrected chi connectivity index (χ1v) is 13.2. The van der Waals surface area contributed by atoms with Crippen molar-refractivity contribution in [1.82, 2.24) is 10.1 Å². The van der Waals surface area contributed by atoms with Crippen LogP contribution in [0.15, 0.2) is 72.0 Å². The van der Waals surface area contributed by atoms with Crippen molar-refractivity contribution in [2.75, 3.05) is 11.4 Å². The summed E-state index contributed by atoms with van der Waals surface area (Å²) in [7, 11) is 0. The van der Waals surface area contributed by atoms with E-state index < -0.39 is 5.83 Å². The van der Waals surface area contributed by atoms with Gasteiger partial charge in [0.1, 0.15) is 0 Å². The van der Waals surface area contributed by atoms with Gasteiger partial charge in [-0.2, -0.15) is 4.98 Å². The Bertz CT molecular complexity index is 1270. The predicted molar refractivity (Wildman–Crippen MR) is 147 cm³/mol. The molecular weight excluding hydrogens is 512 g/mol. The molecule has 3 aromatic rings. The van der Waals surface area contributed by atoms with Crippen LogP contribution in [0, 0.1) is 5.92 Å². The molecule has 0 radical (unpaired) electrons. The molecule has 5 nitrogen and oxygen atoms in total. The highest BCUT2D eigenvalue weighted by molar-refractivity contribution is 6.42. The lowest BCUT2D eigenvalue weighted by Crippen LogP contribution is -2.35. The molecule has 1 atom stereocenters. The van der Waals surface area contributed by atoms with Crippen LogP contribution < -0.4 is 4.90 Å². The number of carbonyl (C=O) groups is 1. The van der Waals surface area contributed by atoms with Crippen LogP contribution in [0.5, 0.6) is 0 Å². The fourth-order valence-electron chi connectivity index (χ4n) is 4.17. The zero-order chi connectivity index (χ0) is 26.4. The lowest BCUT2D eigenvalue weighted by molar-refractivity contribution is -0.118. The molecule has 2 aromatic carbocycles. The fourth-order valence-corrected chi connectivity index (χ4v) is 4.47. The number of amides is 1. The van der Waals surface area contributed by atoms with E-state index in [1.807, 2.05) is 36.4 Å². The number of benzene rings is 2. The molecule has 37 heavy (non-hydrogen) atoms. The summed E-state index contributed by atoms with van der Waals surface area (Å²) in [6, 6.07) is 13.1. The molecule has 0 spiro atoms. The first-order chi connectivity index (χ1) is 17.8. The Labute approximate surface area is 227 Å². The minimum absolute atomic E-state index is 0.0128. The summed E-state index contributed by atoms with van der Waals surface area (Å²) in [5.74, 6) is 1.25. The normalized spacial score (nSPS) is 13.8. The van der Waals surface area contributed by atoms with Crippen molar-refractivity contribution >= 4 is 34.8 Å². The van der Waals surface area contributed by atoms with Crippen LogP contribution in [0.1, 0.15) is 56.2 Å². The van der Waals surface area contributed by atoms with E-state index in [-0.39, 0.29) is 24.7 Å². The fraction of sp³-hybridized carbons (Fsp3) is 0.345. The van der Waals surface area contributed by atoms with E-state index in [9.17, 15) is 9.18 Å². The van der Waals surface area contributed by atoms with Gasteiger partial charge in [-0.25, -0.2) is 4.39 Å². The highest BCUT2D eigenvalue weighted by atomic mass is 35.5. The van der Waals surface area contributed by atoms with E-state index in [1.165, 1.54) is 0 Å². The van der Waals surface area contributed by atoms with E-state index in [1.54, 1.807) is 17.0 Å². The summed E-state index contributed by atoms with van der Waals surface area (Å²) in [4.78, 5) is 19.4. The maximum Gasteiger partial charge on any atom is 0.227 e. The molecule has 0 saturated heterocycles. The zero-order valence-electron chi connectivity index (χ0n) is 20.6. The van der Waals surface area contributed by atoms with Gasteiger partial charge < -0.3 is 9.42 Å². The van der Waals surface area contributed by atoms with E-state index in [0.29, 0.717) is 34.8 Å². The monoisotopic (exact) mass is 541 g/mol. The van der Waals surface area contributed by atoms with Gasteiger partial charge in [0.05, 0.1) is 15.9 Å². The Morgan fingerprint density at radius 3 is 2.65 bits per heavy atom. The average molecular weight is 542 g/mol. The summed E-state index contributed by atoms with van der Waals surface area (Å²) in [6.07, 6.45) is 6.41. The average Bonchev–Trinajstić information content (AvgIpc) is 3.64. The molecule has 194 valence electrons. The van der Waals surface area contributed by atoms with Crippen molar-refractivity contribution in [3.8, 4) is 11.1 Å². The van der Waals surface area contributed by atoms with Crippen molar-refractivity contribution in [3.63, 3.8) is 0 Å². The summed E-state index contributed by atoms with van der Waals surface area (Å²) >= 11 is 12.3. The number of aryl methyl sites for hydroxylation is 1. The van der Waals surface area contributed by atoms with Crippen molar-refractivity contribution in [1.29, 1.82) is 0 Å². The molecular formula is C29H30Cl2FN3O2. The summed E-state index contributed by atoms with van der Waals surface area (Å²) in [5, 5.41) is 5.00. The molecule has 8 heteroatoms. The van der Waals surface area contributed by atoms with E-state index in [2.05, 4.69) is 23.3 Å². The highest BCUT2D eigenvalue weighted by Crippen LogP contribution is 2.38. The van der Waals surface area contributed by atoms with Crippen molar-refractivity contribution in [3.05, 3.63) is 89.3 Å². The lowest BCUT2D eigenvalue weighted by atomic mass is 9.99. The second-order valence-electron chi connectivity index (χ2n) is 9.41. The third-order valence-electron chi connectivity index (χ3n) is 6.46. The molecule has 1 saturated carbocycles. The Morgan fingerprint density at radius 1 is 1.16 bits per heavy atom. The van der Waals surface area contributed by atoms with Crippen LogP contribution in [-0.4, -0.2) is 22.6 Å². The Morgan fingerprint density at radius 2 is 1.95 bits per heavy atom. The molecule has 1 aliphatic carbocycles. The number of allylic oxidation sites excluding steroid dienone is 1. The van der Waals surface area contributed by atoms with Crippen molar-refractivity contribution in [2.45, 2.75) is 50.9 Å². The smallest absolute Gasteiger partial charge is 0.227 e. The Hall–Kier alpha value is -2.96. The maximum atomic E-state index is 13.4. The number of nitrogens with zero attached hydrogens (tertiary/aromatic N) is 3. The molecule has 4 rings (SSSR count). The van der Waals surface area contributed by atoms with Crippen molar-refractivity contribution in [2.24, 2.45) is 5.92 Å². The van der Waals surface area contributed by atoms with E-state index >= 15 is 0 Å². The van der Waals surface area contributed by atoms with Gasteiger partial charge in [0.15, 0.2) is 5.82 Å². The zero-order valence-corrected chi connectivity index (χ0v) is 22.1. The molecule has 1 heterocycles. The van der Waals surface area contributed by atoms with Crippen LogP contribution in [0.3, 0.4) is 0 Å². The first-order valence-electron chi connectivity index (χ1n) is 12.5. The van der Waals surface area contributed by atoms with Crippen LogP contribution in [0.4, 0.5) is 10.1 Å². The SMILES string of the molecule is C=CC(CCCc1nc(C2CC2)no1)CN(C(=O)CCC(=C)F)c1cccc(-c2ccc(Cl)c(Cl)c2)c1. The van der Waals surface area contributed by atoms with Gasteiger partial charge in [0.2, 0.25) is 11.8 Å². The summed E-state index contributed by atoms with van der Waals surface area (Å²) in [6.45, 7) is 7.71. The molecule has 0 aliphatic heterocycles. The van der Waals surface area contributed by atoms with Crippen LogP contribution >= 0.6 is 23.2 Å². The minimum Gasteiger partial charge on any atom is -0.339 e. The molecule has 1 unspecified atom stereocenters. The maximum absolute atomic E-state index is 13.4. The van der Waals surface area contributed by atoms with Gasteiger partial charge in [-0.1, -0.05) is 59.2 Å². The van der Waals surface area contributed by atoms with Gasteiger partial charge in [0.25, 0.3) is 0 Å². The molecule has 1 amide bonds. The second kappa shape index (κ2) is 12.5. The third kappa shape index (κ3) is 7.53. The standard InChI is InChI=1S/C29H30Cl2FN3O2/c1-3-20(6-4-9-27-33-29(34-37-27)21-11-12-21)18-35(28(36)15-10-19(2)32)24-8-5-7-22(16-24)23-13-14-25(30)26(31)17-23/h3,5,7-8,13-14,16-17,20-21H,1-2,4,6,9-12,15,18H2. The molecule has 0 bridgehead atoms. The van der Waals surface area contributed by atoms with Gasteiger partial charge in [-0.15, -0.1) is 6.58 Å². The topological polar surface area (TPSA) is 59.2 Å². The highest BCUT2D eigenvalue weighted by Gasteiger charge is 2.28. The molecule has 1 fully saturated rings. The number of aromatic nitrogens is 2. The Kier molecular flexibility index (Phi) is 9.17. The van der Waals surface area contributed by atoms with Gasteiger partial charge in [-0.3, -0.25) is 4.79 Å². The molecule has 1 aliphatic rings. The van der Waals surface area contributed by atoms with Crippen LogP contribution in [-0.2, 0) is 11.2 Å². The largest absolute Gasteiger partial charge is 0.339 e. The quantitative estimate of drug-likeness (QED) is 0.204. The number of halogens is 3. The third-order valence-corrected chi connectivity index (χ3v) is 7.20. The number of anilines is 1. The number of carbonyl (C=O) groups excluding carboxylic acids is 1. The number of hydrogen-bond donors (Lipinski definition) is 0. The second-order valence-corrected chi connectivity index (χ2v) is 10.2. The lowest BCUT2D eigenvalue weighted by Gasteiger charge is -2.27. The van der Waals surface area contributed by atoms with Crippen LogP contribution in [0.25, 0.3) is 11.1 Å². The number of hydrogen-bond acceptors (Lipinski definition) is 4. The van der Waals surface area contributed by atoms with Crippen LogP contribution in [0.2, 0.25) is 10.0 Å². The first kappa shape index (κ1) is 27.1. The molecule has 1 aromatic heterocycles. The van der Waals surface area contributed by atoms with Gasteiger partial charge in [-0.05, 0) is 67.0 Å². The predicted octanol–water partition coefficient (Wildman–Crippen LogP) is 8.34. The summed E-state index contributed by atoms with van der Waals surface area (Å²) < 4.78 is 18.8. The summed E-state index contributed by atoms with van der Waals surface area (Å²) in [5.41, 5.74) is 2.49. The Balaban J connectivity index is 1.48. The van der Waals surface area contributed by atoms with E-state index in [0.717, 1.165) is 48.3 Å². The van der Waals surface area contributed by atoms with Gasteiger partial charge in [0, 0.05) is 37.4 Å². The number of rotatable bonds is 13. The van der Waals surface area contributed by atoms with E-state index in [4.69, 9.17) is 27.7 Å². The molecule has 0 N–H and O–H groups in total. The van der Waals surface area contributed by atoms with Gasteiger partial charge >= 0.3 is 0 Å².